The topological polar surface area (TPSA) is 25.4 Å². The van der Waals surface area contributed by atoms with Gasteiger partial charge < -0.3 is 9.64 Å². The lowest BCUT2D eigenvalue weighted by Gasteiger charge is -2.33. The second-order valence-corrected chi connectivity index (χ2v) is 5.25. The standard InChI is InChI=1S/C14H18N2O/c1-9(2)12-4-5-15-14-13(12)17-8-11-6-10(3)7-16(11)14/h4-5,9,11H,3,6-8H2,1-2H3/t11-/m0/s1. The van der Waals surface area contributed by atoms with Crippen LogP contribution in [0.25, 0.3) is 0 Å². The van der Waals surface area contributed by atoms with E-state index in [0.29, 0.717) is 12.0 Å². The largest absolute Gasteiger partial charge is 0.487 e. The second kappa shape index (κ2) is 3.76. The van der Waals surface area contributed by atoms with E-state index in [2.05, 4.69) is 36.4 Å². The number of hydrogen-bond acceptors (Lipinski definition) is 3. The van der Waals surface area contributed by atoms with E-state index in [9.17, 15) is 0 Å². The summed E-state index contributed by atoms with van der Waals surface area (Å²) in [4.78, 5) is 6.84. The maximum absolute atomic E-state index is 5.93. The molecule has 0 aromatic carbocycles. The number of anilines is 1. The van der Waals surface area contributed by atoms with Gasteiger partial charge in [0, 0.05) is 18.3 Å². The van der Waals surface area contributed by atoms with Gasteiger partial charge in [-0.1, -0.05) is 26.0 Å². The van der Waals surface area contributed by atoms with Crippen LogP contribution in [-0.4, -0.2) is 24.2 Å². The van der Waals surface area contributed by atoms with Crippen LogP contribution in [0.2, 0.25) is 0 Å². The Labute approximate surface area is 102 Å². The predicted molar refractivity (Wildman–Crippen MR) is 68.7 cm³/mol. The van der Waals surface area contributed by atoms with Gasteiger partial charge in [-0.05, 0) is 18.4 Å². The number of nitrogens with zero attached hydrogens (tertiary/aromatic N) is 2. The molecule has 1 aromatic rings. The average Bonchev–Trinajstić information content (AvgIpc) is 2.68. The Kier molecular flexibility index (Phi) is 2.35. The first-order chi connectivity index (χ1) is 8.16. The smallest absolute Gasteiger partial charge is 0.172 e. The molecule has 17 heavy (non-hydrogen) atoms. The highest BCUT2D eigenvalue weighted by Crippen LogP contribution is 2.41. The van der Waals surface area contributed by atoms with Crippen molar-refractivity contribution in [3.63, 3.8) is 0 Å². The van der Waals surface area contributed by atoms with E-state index < -0.39 is 0 Å². The molecule has 0 amide bonds. The maximum Gasteiger partial charge on any atom is 0.172 e. The Morgan fingerprint density at radius 2 is 2.35 bits per heavy atom. The highest BCUT2D eigenvalue weighted by Gasteiger charge is 2.35. The van der Waals surface area contributed by atoms with E-state index in [0.717, 1.165) is 31.1 Å². The number of hydrogen-bond donors (Lipinski definition) is 0. The van der Waals surface area contributed by atoms with Crippen molar-refractivity contribution < 1.29 is 4.74 Å². The molecule has 3 rings (SSSR count). The second-order valence-electron chi connectivity index (χ2n) is 5.25. The Morgan fingerprint density at radius 3 is 3.12 bits per heavy atom. The quantitative estimate of drug-likeness (QED) is 0.694. The summed E-state index contributed by atoms with van der Waals surface area (Å²) in [6, 6.07) is 2.50. The van der Waals surface area contributed by atoms with Gasteiger partial charge in [0.1, 0.15) is 6.61 Å². The Bertz CT molecular complexity index is 467. The zero-order valence-corrected chi connectivity index (χ0v) is 10.4. The lowest BCUT2D eigenvalue weighted by Crippen LogP contribution is -2.39. The van der Waals surface area contributed by atoms with Crippen molar-refractivity contribution in [2.75, 3.05) is 18.1 Å². The Balaban J connectivity index is 2.06. The summed E-state index contributed by atoms with van der Waals surface area (Å²) in [5.41, 5.74) is 2.54. The van der Waals surface area contributed by atoms with Crippen LogP contribution in [0.15, 0.2) is 24.4 Å². The third kappa shape index (κ3) is 1.61. The molecule has 0 bridgehead atoms. The molecule has 0 aliphatic carbocycles. The van der Waals surface area contributed by atoms with E-state index >= 15 is 0 Å². The third-order valence-corrected chi connectivity index (χ3v) is 3.59. The monoisotopic (exact) mass is 230 g/mol. The number of fused-ring (bicyclic) bond motifs is 3. The van der Waals surface area contributed by atoms with Crippen molar-refractivity contribution in [1.29, 1.82) is 0 Å². The minimum atomic E-state index is 0.435. The molecule has 0 radical (unpaired) electrons. The molecule has 1 atom stereocenters. The molecule has 0 spiro atoms. The van der Waals surface area contributed by atoms with Crippen LogP contribution in [0.4, 0.5) is 5.82 Å². The normalized spacial score (nSPS) is 22.4. The summed E-state index contributed by atoms with van der Waals surface area (Å²) < 4.78 is 5.93. The molecular formula is C14H18N2O. The minimum Gasteiger partial charge on any atom is -0.487 e. The molecule has 0 saturated carbocycles. The SMILES string of the molecule is C=C1C[C@H]2COc3c(C(C)C)ccnc3N2C1. The van der Waals surface area contributed by atoms with Gasteiger partial charge in [0.15, 0.2) is 11.6 Å². The summed E-state index contributed by atoms with van der Waals surface area (Å²) in [5, 5.41) is 0. The van der Waals surface area contributed by atoms with Crippen molar-refractivity contribution in [1.82, 2.24) is 4.98 Å². The summed E-state index contributed by atoms with van der Waals surface area (Å²) >= 11 is 0. The lowest BCUT2D eigenvalue weighted by molar-refractivity contribution is 0.267. The van der Waals surface area contributed by atoms with Gasteiger partial charge in [-0.3, -0.25) is 0 Å². The van der Waals surface area contributed by atoms with Crippen LogP contribution in [-0.2, 0) is 0 Å². The molecule has 2 aliphatic heterocycles. The Morgan fingerprint density at radius 1 is 1.53 bits per heavy atom. The molecule has 0 unspecified atom stereocenters. The first-order valence-electron chi connectivity index (χ1n) is 6.22. The minimum absolute atomic E-state index is 0.435. The zero-order valence-electron chi connectivity index (χ0n) is 10.4. The van der Waals surface area contributed by atoms with E-state index in [1.807, 2.05) is 6.20 Å². The highest BCUT2D eigenvalue weighted by atomic mass is 16.5. The van der Waals surface area contributed by atoms with Gasteiger partial charge in [0.05, 0.1) is 6.04 Å². The molecule has 1 saturated heterocycles. The van der Waals surface area contributed by atoms with Crippen molar-refractivity contribution in [3.05, 3.63) is 30.0 Å². The molecule has 3 nitrogen and oxygen atoms in total. The van der Waals surface area contributed by atoms with Gasteiger partial charge in [-0.2, -0.15) is 0 Å². The first kappa shape index (κ1) is 10.6. The highest BCUT2D eigenvalue weighted by molar-refractivity contribution is 5.61. The predicted octanol–water partition coefficient (Wildman–Crippen LogP) is 2.73. The summed E-state index contributed by atoms with van der Waals surface area (Å²) in [7, 11) is 0. The van der Waals surface area contributed by atoms with Crippen LogP contribution in [0.5, 0.6) is 5.75 Å². The van der Waals surface area contributed by atoms with Crippen LogP contribution in [0, 0.1) is 0 Å². The van der Waals surface area contributed by atoms with Gasteiger partial charge >= 0.3 is 0 Å². The number of rotatable bonds is 1. The van der Waals surface area contributed by atoms with Crippen molar-refractivity contribution in [2.45, 2.75) is 32.2 Å². The van der Waals surface area contributed by atoms with Gasteiger partial charge in [-0.25, -0.2) is 4.98 Å². The molecule has 1 fully saturated rings. The summed E-state index contributed by atoms with van der Waals surface area (Å²) in [6.45, 7) is 10.1. The summed E-state index contributed by atoms with van der Waals surface area (Å²) in [5.74, 6) is 2.45. The fourth-order valence-electron chi connectivity index (χ4n) is 2.71. The molecule has 1 aromatic heterocycles. The van der Waals surface area contributed by atoms with Gasteiger partial charge in [-0.15, -0.1) is 0 Å². The van der Waals surface area contributed by atoms with E-state index in [1.165, 1.54) is 11.1 Å². The molecule has 3 heterocycles. The number of aromatic nitrogens is 1. The van der Waals surface area contributed by atoms with Crippen LogP contribution in [0.1, 0.15) is 31.7 Å². The lowest BCUT2D eigenvalue weighted by atomic mass is 10.0. The maximum atomic E-state index is 5.93. The van der Waals surface area contributed by atoms with Gasteiger partial charge in [0.2, 0.25) is 0 Å². The molecule has 2 aliphatic rings. The molecule has 0 N–H and O–H groups in total. The number of ether oxygens (including phenoxy) is 1. The fraction of sp³-hybridized carbons (Fsp3) is 0.500. The molecule has 3 heteroatoms. The Hall–Kier alpha value is -1.51. The van der Waals surface area contributed by atoms with E-state index in [1.54, 1.807) is 0 Å². The van der Waals surface area contributed by atoms with Crippen LogP contribution in [0.3, 0.4) is 0 Å². The van der Waals surface area contributed by atoms with Crippen molar-refractivity contribution in [2.24, 2.45) is 0 Å². The van der Waals surface area contributed by atoms with Crippen LogP contribution >= 0.6 is 0 Å². The number of pyridine rings is 1. The van der Waals surface area contributed by atoms with E-state index in [4.69, 9.17) is 4.74 Å². The van der Waals surface area contributed by atoms with Crippen LogP contribution < -0.4 is 9.64 Å². The van der Waals surface area contributed by atoms with Crippen molar-refractivity contribution in [3.8, 4) is 5.75 Å². The zero-order chi connectivity index (χ0) is 12.0. The van der Waals surface area contributed by atoms with Gasteiger partial charge in [0.25, 0.3) is 0 Å². The first-order valence-corrected chi connectivity index (χ1v) is 6.22. The average molecular weight is 230 g/mol. The van der Waals surface area contributed by atoms with Crippen molar-refractivity contribution >= 4 is 5.82 Å². The molecular weight excluding hydrogens is 212 g/mol. The fourth-order valence-corrected chi connectivity index (χ4v) is 2.71. The van der Waals surface area contributed by atoms with E-state index in [-0.39, 0.29) is 0 Å². The third-order valence-electron chi connectivity index (χ3n) is 3.59. The molecule has 90 valence electrons. The summed E-state index contributed by atoms with van der Waals surface area (Å²) in [6.07, 6.45) is 2.92.